The van der Waals surface area contributed by atoms with Crippen molar-refractivity contribution in [3.63, 3.8) is 0 Å². The van der Waals surface area contributed by atoms with Gasteiger partial charge in [0, 0.05) is 16.8 Å². The molecule has 0 atom stereocenters. The number of nitrogens with zero attached hydrogens (tertiary/aromatic N) is 1. The van der Waals surface area contributed by atoms with Gasteiger partial charge in [-0.15, -0.1) is 0 Å². The molecule has 0 spiro atoms. The van der Waals surface area contributed by atoms with Crippen molar-refractivity contribution >= 4 is 38.2 Å². The van der Waals surface area contributed by atoms with Crippen LogP contribution in [0.1, 0.15) is 21.6 Å². The lowest BCUT2D eigenvalue weighted by atomic mass is 10.1. The van der Waals surface area contributed by atoms with E-state index in [2.05, 4.69) is 15.5 Å². The molecule has 1 amide bonds. The molecule has 6 N–H and O–H groups in total. The second kappa shape index (κ2) is 6.19. The molecule has 3 rings (SSSR count). The standard InChI is InChI=1S/C16H17N5O3S/c1-9-2-4-13(10(6-9)8-25(18,23)24)19-16(22)15-12-7-11(17)3-5-14(12)20-21-15/h2-7H,8,17H2,1H3,(H,19,22)(H,20,21)(H2,18,23,24). The van der Waals surface area contributed by atoms with E-state index in [1.54, 1.807) is 36.4 Å². The van der Waals surface area contributed by atoms with Crippen LogP contribution in [0.4, 0.5) is 11.4 Å². The number of amides is 1. The summed E-state index contributed by atoms with van der Waals surface area (Å²) in [5.74, 6) is -0.852. The molecule has 0 fully saturated rings. The fourth-order valence-corrected chi connectivity index (χ4v) is 3.24. The van der Waals surface area contributed by atoms with E-state index in [1.165, 1.54) is 0 Å². The van der Waals surface area contributed by atoms with Crippen molar-refractivity contribution in [2.75, 3.05) is 11.1 Å². The monoisotopic (exact) mass is 359 g/mol. The molecule has 0 unspecified atom stereocenters. The molecule has 1 aromatic heterocycles. The van der Waals surface area contributed by atoms with Gasteiger partial charge in [0.15, 0.2) is 5.69 Å². The molecule has 3 aromatic rings. The number of aryl methyl sites for hydroxylation is 1. The summed E-state index contributed by atoms with van der Waals surface area (Å²) in [6.45, 7) is 1.82. The first-order valence-corrected chi connectivity index (χ1v) is 9.09. The Morgan fingerprint density at radius 2 is 2.00 bits per heavy atom. The van der Waals surface area contributed by atoms with Gasteiger partial charge in [0.2, 0.25) is 10.0 Å². The van der Waals surface area contributed by atoms with Crippen LogP contribution in [0, 0.1) is 6.92 Å². The van der Waals surface area contributed by atoms with Gasteiger partial charge in [-0.2, -0.15) is 5.10 Å². The van der Waals surface area contributed by atoms with Crippen LogP contribution in [-0.4, -0.2) is 24.5 Å². The number of H-pyrrole nitrogens is 1. The Morgan fingerprint density at radius 3 is 2.72 bits per heavy atom. The highest BCUT2D eigenvalue weighted by Crippen LogP contribution is 2.23. The Labute approximate surface area is 144 Å². The number of anilines is 2. The third-order valence-corrected chi connectivity index (χ3v) is 4.38. The smallest absolute Gasteiger partial charge is 0.276 e. The SMILES string of the molecule is Cc1ccc(NC(=O)c2n[nH]c3ccc(N)cc23)c(CS(N)(=O)=O)c1. The van der Waals surface area contributed by atoms with E-state index in [-0.39, 0.29) is 11.4 Å². The minimum Gasteiger partial charge on any atom is -0.399 e. The first-order valence-electron chi connectivity index (χ1n) is 7.38. The number of benzene rings is 2. The molecule has 2 aromatic carbocycles. The van der Waals surface area contributed by atoms with Crippen LogP contribution >= 0.6 is 0 Å². The number of carbonyl (C=O) groups is 1. The zero-order chi connectivity index (χ0) is 18.2. The quantitative estimate of drug-likeness (QED) is 0.522. The van der Waals surface area contributed by atoms with Crippen molar-refractivity contribution in [2.45, 2.75) is 12.7 Å². The molecular formula is C16H17N5O3S. The van der Waals surface area contributed by atoms with E-state index in [9.17, 15) is 13.2 Å². The molecule has 0 radical (unpaired) electrons. The number of aromatic amines is 1. The summed E-state index contributed by atoms with van der Waals surface area (Å²) in [6, 6.07) is 10.1. The molecule has 9 heteroatoms. The van der Waals surface area contributed by atoms with Crippen molar-refractivity contribution < 1.29 is 13.2 Å². The van der Waals surface area contributed by atoms with Crippen molar-refractivity contribution in [2.24, 2.45) is 5.14 Å². The van der Waals surface area contributed by atoms with Gasteiger partial charge in [-0.1, -0.05) is 17.7 Å². The lowest BCUT2D eigenvalue weighted by Crippen LogP contribution is -2.18. The Balaban J connectivity index is 1.96. The maximum Gasteiger partial charge on any atom is 0.276 e. The summed E-state index contributed by atoms with van der Waals surface area (Å²) >= 11 is 0. The van der Waals surface area contributed by atoms with Crippen LogP contribution in [-0.2, 0) is 15.8 Å². The van der Waals surface area contributed by atoms with Crippen molar-refractivity contribution in [1.29, 1.82) is 0 Å². The number of hydrogen-bond acceptors (Lipinski definition) is 5. The average molecular weight is 359 g/mol. The maximum atomic E-state index is 12.6. The summed E-state index contributed by atoms with van der Waals surface area (Å²) in [5, 5.41) is 15.2. The van der Waals surface area contributed by atoms with Gasteiger partial charge in [-0.3, -0.25) is 9.89 Å². The molecule has 25 heavy (non-hydrogen) atoms. The molecular weight excluding hydrogens is 342 g/mol. The minimum absolute atomic E-state index is 0.171. The molecule has 0 aliphatic carbocycles. The molecule has 0 saturated heterocycles. The Hall–Kier alpha value is -2.91. The number of carbonyl (C=O) groups excluding carboxylic acids is 1. The third-order valence-electron chi connectivity index (χ3n) is 3.67. The fraction of sp³-hybridized carbons (Fsp3) is 0.125. The molecule has 1 heterocycles. The number of fused-ring (bicyclic) bond motifs is 1. The summed E-state index contributed by atoms with van der Waals surface area (Å²) in [7, 11) is -3.74. The van der Waals surface area contributed by atoms with E-state index in [0.717, 1.165) is 5.56 Å². The maximum absolute atomic E-state index is 12.6. The van der Waals surface area contributed by atoms with Crippen molar-refractivity contribution in [3.05, 3.63) is 53.2 Å². The van der Waals surface area contributed by atoms with E-state index < -0.39 is 15.9 Å². The number of primary sulfonamides is 1. The number of nitrogens with two attached hydrogens (primary N) is 2. The molecule has 0 aliphatic heterocycles. The average Bonchev–Trinajstić information content (AvgIpc) is 2.91. The second-order valence-corrected chi connectivity index (χ2v) is 7.41. The van der Waals surface area contributed by atoms with E-state index in [0.29, 0.717) is 27.8 Å². The zero-order valence-corrected chi connectivity index (χ0v) is 14.2. The van der Waals surface area contributed by atoms with E-state index in [1.807, 2.05) is 6.92 Å². The van der Waals surface area contributed by atoms with Crippen LogP contribution in [0.3, 0.4) is 0 Å². The number of nitrogens with one attached hydrogen (secondary N) is 2. The zero-order valence-electron chi connectivity index (χ0n) is 13.4. The molecule has 130 valence electrons. The lowest BCUT2D eigenvalue weighted by molar-refractivity contribution is 0.102. The predicted molar refractivity (Wildman–Crippen MR) is 96.4 cm³/mol. The lowest BCUT2D eigenvalue weighted by Gasteiger charge is -2.11. The number of rotatable bonds is 4. The van der Waals surface area contributed by atoms with Crippen molar-refractivity contribution in [3.8, 4) is 0 Å². The first kappa shape index (κ1) is 16.9. The molecule has 0 saturated carbocycles. The number of nitrogen functional groups attached to an aromatic ring is 1. The Kier molecular flexibility index (Phi) is 4.19. The van der Waals surface area contributed by atoms with Gasteiger partial charge in [-0.25, -0.2) is 13.6 Å². The van der Waals surface area contributed by atoms with E-state index in [4.69, 9.17) is 10.9 Å². The summed E-state index contributed by atoms with van der Waals surface area (Å²) in [4.78, 5) is 12.6. The largest absolute Gasteiger partial charge is 0.399 e. The highest BCUT2D eigenvalue weighted by atomic mass is 32.2. The summed E-state index contributed by atoms with van der Waals surface area (Å²) in [5.41, 5.74) is 8.75. The number of hydrogen-bond donors (Lipinski definition) is 4. The molecule has 0 aliphatic rings. The predicted octanol–water partition coefficient (Wildman–Crippen LogP) is 1.49. The third kappa shape index (κ3) is 3.78. The van der Waals surface area contributed by atoms with Gasteiger partial charge >= 0.3 is 0 Å². The highest BCUT2D eigenvalue weighted by Gasteiger charge is 2.17. The van der Waals surface area contributed by atoms with Crippen molar-refractivity contribution in [1.82, 2.24) is 10.2 Å². The minimum atomic E-state index is -3.74. The van der Waals surface area contributed by atoms with Crippen LogP contribution in [0.25, 0.3) is 10.9 Å². The fourth-order valence-electron chi connectivity index (χ4n) is 2.57. The van der Waals surface area contributed by atoms with E-state index >= 15 is 0 Å². The number of aromatic nitrogens is 2. The van der Waals surface area contributed by atoms with Gasteiger partial charge in [0.25, 0.3) is 5.91 Å². The summed E-state index contributed by atoms with van der Waals surface area (Å²) in [6.07, 6.45) is 0. The molecule has 0 bridgehead atoms. The van der Waals surface area contributed by atoms with Gasteiger partial charge in [-0.05, 0) is 36.8 Å². The van der Waals surface area contributed by atoms with Gasteiger partial charge < -0.3 is 11.1 Å². The summed E-state index contributed by atoms with van der Waals surface area (Å²) < 4.78 is 22.8. The first-order chi connectivity index (χ1) is 11.7. The molecule has 8 nitrogen and oxygen atoms in total. The highest BCUT2D eigenvalue weighted by molar-refractivity contribution is 7.88. The van der Waals surface area contributed by atoms with Gasteiger partial charge in [0.05, 0.1) is 11.3 Å². The van der Waals surface area contributed by atoms with Crippen LogP contribution in [0.15, 0.2) is 36.4 Å². The van der Waals surface area contributed by atoms with Crippen LogP contribution in [0.5, 0.6) is 0 Å². The normalized spacial score (nSPS) is 11.6. The van der Waals surface area contributed by atoms with Crippen LogP contribution < -0.4 is 16.2 Å². The number of sulfonamides is 1. The second-order valence-electron chi connectivity index (χ2n) is 5.80. The van der Waals surface area contributed by atoms with Gasteiger partial charge in [0.1, 0.15) is 0 Å². The topological polar surface area (TPSA) is 144 Å². The van der Waals surface area contributed by atoms with Crippen LogP contribution in [0.2, 0.25) is 0 Å². The Bertz CT molecular complexity index is 1070. The Morgan fingerprint density at radius 1 is 1.24 bits per heavy atom.